The van der Waals surface area contributed by atoms with Crippen LogP contribution in [0, 0.1) is 0 Å². The van der Waals surface area contributed by atoms with E-state index in [0.29, 0.717) is 4.52 Å². The summed E-state index contributed by atoms with van der Waals surface area (Å²) in [5.41, 5.74) is -2.02. The van der Waals surface area contributed by atoms with Gasteiger partial charge in [0.15, 0.2) is 22.8 Å². The fourth-order valence-electron chi connectivity index (χ4n) is 1.97. The van der Waals surface area contributed by atoms with Gasteiger partial charge in [0.05, 0.1) is 13.4 Å². The molecule has 0 spiro atoms. The second kappa shape index (κ2) is 5.27. The van der Waals surface area contributed by atoms with Crippen LogP contribution in [0.5, 0.6) is 0 Å². The maximum Gasteiger partial charge on any atom is 0.433 e. The van der Waals surface area contributed by atoms with Crippen LogP contribution < -0.4 is 0 Å². The summed E-state index contributed by atoms with van der Waals surface area (Å²) in [5.74, 6) is -0.844. The van der Waals surface area contributed by atoms with Gasteiger partial charge in [-0.05, 0) is 18.2 Å². The minimum atomic E-state index is -4.74. The van der Waals surface area contributed by atoms with Crippen LogP contribution in [0.25, 0.3) is 17.1 Å². The number of esters is 1. The first kappa shape index (κ1) is 15.3. The van der Waals surface area contributed by atoms with Gasteiger partial charge in [0.2, 0.25) is 0 Å². The van der Waals surface area contributed by atoms with Crippen LogP contribution in [-0.4, -0.2) is 27.7 Å². The van der Waals surface area contributed by atoms with Crippen molar-refractivity contribution in [2.75, 3.05) is 7.11 Å². The van der Waals surface area contributed by atoms with Crippen LogP contribution in [0.15, 0.2) is 28.9 Å². The number of ether oxygens (including phenoxy) is 1. The molecule has 0 aromatic carbocycles. The Hall–Kier alpha value is -2.55. The van der Waals surface area contributed by atoms with E-state index in [1.165, 1.54) is 18.4 Å². The van der Waals surface area contributed by atoms with E-state index < -0.39 is 23.5 Å². The number of carbonyl (C=O) groups is 1. The molecule has 0 saturated heterocycles. The van der Waals surface area contributed by atoms with Crippen molar-refractivity contribution in [1.82, 2.24) is 14.6 Å². The van der Waals surface area contributed by atoms with Crippen molar-refractivity contribution in [3.63, 3.8) is 0 Å². The summed E-state index contributed by atoms with van der Waals surface area (Å²) < 4.78 is 49.8. The molecule has 0 amide bonds. The van der Waals surface area contributed by atoms with E-state index in [1.54, 1.807) is 0 Å². The van der Waals surface area contributed by atoms with Crippen molar-refractivity contribution in [3.8, 4) is 11.5 Å². The first-order chi connectivity index (χ1) is 10.8. The highest BCUT2D eigenvalue weighted by atomic mass is 35.5. The number of methoxy groups -OCH3 is 1. The summed E-state index contributed by atoms with van der Waals surface area (Å²) in [6, 6.07) is 3.72. The SMILES string of the molecule is COC(=O)c1nn2c(C(F)(F)F)cc(-c3ccco3)nc2c1Cl. The van der Waals surface area contributed by atoms with Gasteiger partial charge in [0.25, 0.3) is 0 Å². The molecule has 0 atom stereocenters. The third kappa shape index (κ3) is 2.52. The Morgan fingerprint density at radius 2 is 2.17 bits per heavy atom. The predicted octanol–water partition coefficient (Wildman–Crippen LogP) is 3.45. The molecule has 0 aliphatic heterocycles. The topological polar surface area (TPSA) is 69.6 Å². The average Bonchev–Trinajstić information content (AvgIpc) is 3.13. The predicted molar refractivity (Wildman–Crippen MR) is 72.0 cm³/mol. The highest BCUT2D eigenvalue weighted by Gasteiger charge is 2.37. The molecule has 23 heavy (non-hydrogen) atoms. The minimum Gasteiger partial charge on any atom is -0.464 e. The van der Waals surface area contributed by atoms with E-state index >= 15 is 0 Å². The Labute approximate surface area is 131 Å². The molecular formula is C13H7ClF3N3O3. The molecule has 0 aliphatic rings. The van der Waals surface area contributed by atoms with Crippen LogP contribution in [0.1, 0.15) is 16.2 Å². The first-order valence-electron chi connectivity index (χ1n) is 6.11. The van der Waals surface area contributed by atoms with Gasteiger partial charge in [-0.1, -0.05) is 11.6 Å². The quantitative estimate of drug-likeness (QED) is 0.665. The van der Waals surface area contributed by atoms with Crippen LogP contribution in [0.2, 0.25) is 5.02 Å². The smallest absolute Gasteiger partial charge is 0.433 e. The number of fused-ring (bicyclic) bond motifs is 1. The Morgan fingerprint density at radius 3 is 2.74 bits per heavy atom. The zero-order valence-electron chi connectivity index (χ0n) is 11.4. The highest BCUT2D eigenvalue weighted by Crippen LogP contribution is 2.34. The van der Waals surface area contributed by atoms with Gasteiger partial charge < -0.3 is 9.15 Å². The molecule has 0 radical (unpaired) electrons. The number of furan rings is 1. The Bertz CT molecular complexity index is 887. The van der Waals surface area contributed by atoms with Crippen molar-refractivity contribution in [2.24, 2.45) is 0 Å². The lowest BCUT2D eigenvalue weighted by Gasteiger charge is -2.09. The van der Waals surface area contributed by atoms with Crippen LogP contribution >= 0.6 is 11.6 Å². The molecule has 120 valence electrons. The monoisotopic (exact) mass is 345 g/mol. The molecular weight excluding hydrogens is 339 g/mol. The van der Waals surface area contributed by atoms with E-state index in [1.807, 2.05) is 0 Å². The van der Waals surface area contributed by atoms with Crippen molar-refractivity contribution in [2.45, 2.75) is 6.18 Å². The van der Waals surface area contributed by atoms with E-state index in [0.717, 1.165) is 13.2 Å². The van der Waals surface area contributed by atoms with Gasteiger partial charge in [0, 0.05) is 0 Å². The third-order valence-corrected chi connectivity index (χ3v) is 3.32. The van der Waals surface area contributed by atoms with Crippen LogP contribution in [0.3, 0.4) is 0 Å². The second-order valence-corrected chi connectivity index (χ2v) is 4.77. The van der Waals surface area contributed by atoms with Gasteiger partial charge in [-0.3, -0.25) is 0 Å². The third-order valence-electron chi connectivity index (χ3n) is 2.98. The average molecular weight is 346 g/mol. The molecule has 3 aromatic rings. The number of nitrogens with zero attached hydrogens (tertiary/aromatic N) is 3. The lowest BCUT2D eigenvalue weighted by atomic mass is 10.2. The molecule has 6 nitrogen and oxygen atoms in total. The zero-order chi connectivity index (χ0) is 16.8. The van der Waals surface area contributed by atoms with Crippen LogP contribution in [-0.2, 0) is 10.9 Å². The molecule has 0 saturated carbocycles. The van der Waals surface area contributed by atoms with Gasteiger partial charge in [-0.15, -0.1) is 0 Å². The number of alkyl halides is 3. The standard InChI is InChI=1S/C13H7ClF3N3O3/c1-22-12(21)10-9(14)11-18-6(7-3-2-4-23-7)5-8(13(15,16)17)20(11)19-10/h2-5H,1H3. The summed E-state index contributed by atoms with van der Waals surface area (Å²) in [7, 11) is 1.06. The first-order valence-corrected chi connectivity index (χ1v) is 6.49. The van der Waals surface area contributed by atoms with Crippen molar-refractivity contribution < 1.29 is 27.1 Å². The molecule has 0 unspecified atom stereocenters. The summed E-state index contributed by atoms with van der Waals surface area (Å²) >= 11 is 5.94. The highest BCUT2D eigenvalue weighted by molar-refractivity contribution is 6.36. The van der Waals surface area contributed by atoms with Gasteiger partial charge in [-0.25, -0.2) is 14.3 Å². The van der Waals surface area contributed by atoms with Crippen molar-refractivity contribution in [1.29, 1.82) is 0 Å². The number of rotatable bonds is 2. The van der Waals surface area contributed by atoms with Crippen molar-refractivity contribution >= 4 is 23.2 Å². The number of halogens is 4. The van der Waals surface area contributed by atoms with E-state index in [-0.39, 0.29) is 22.1 Å². The summed E-state index contributed by atoms with van der Waals surface area (Å²) in [5, 5.41) is 3.23. The number of aromatic nitrogens is 3. The normalized spacial score (nSPS) is 11.9. The maximum absolute atomic E-state index is 13.3. The molecule has 0 N–H and O–H groups in total. The number of carbonyl (C=O) groups excluding carboxylic acids is 1. The summed E-state index contributed by atoms with van der Waals surface area (Å²) in [6.45, 7) is 0. The molecule has 3 heterocycles. The zero-order valence-corrected chi connectivity index (χ0v) is 12.1. The minimum absolute atomic E-state index is 0.0898. The summed E-state index contributed by atoms with van der Waals surface area (Å²) in [4.78, 5) is 15.6. The van der Waals surface area contributed by atoms with E-state index in [4.69, 9.17) is 16.0 Å². The van der Waals surface area contributed by atoms with Crippen molar-refractivity contribution in [3.05, 3.63) is 40.9 Å². The largest absolute Gasteiger partial charge is 0.464 e. The van der Waals surface area contributed by atoms with E-state index in [2.05, 4.69) is 14.8 Å². The summed E-state index contributed by atoms with van der Waals surface area (Å²) in [6.07, 6.45) is -3.45. The molecule has 0 aliphatic carbocycles. The Morgan fingerprint density at radius 1 is 1.43 bits per heavy atom. The fourth-order valence-corrected chi connectivity index (χ4v) is 2.21. The fraction of sp³-hybridized carbons (Fsp3) is 0.154. The van der Waals surface area contributed by atoms with Gasteiger partial charge in [-0.2, -0.15) is 18.3 Å². The molecule has 0 fully saturated rings. The molecule has 0 bridgehead atoms. The number of hydrogen-bond acceptors (Lipinski definition) is 5. The second-order valence-electron chi connectivity index (χ2n) is 4.39. The Kier molecular flexibility index (Phi) is 3.52. The van der Waals surface area contributed by atoms with E-state index in [9.17, 15) is 18.0 Å². The maximum atomic E-state index is 13.3. The number of hydrogen-bond donors (Lipinski definition) is 0. The van der Waals surface area contributed by atoms with Gasteiger partial charge in [0.1, 0.15) is 10.7 Å². The van der Waals surface area contributed by atoms with Crippen LogP contribution in [0.4, 0.5) is 13.2 Å². The molecule has 3 rings (SSSR count). The van der Waals surface area contributed by atoms with Gasteiger partial charge >= 0.3 is 12.1 Å². The Balaban J connectivity index is 2.35. The molecule has 10 heteroatoms. The lowest BCUT2D eigenvalue weighted by Crippen LogP contribution is -2.14. The molecule has 3 aromatic heterocycles. The lowest BCUT2D eigenvalue weighted by molar-refractivity contribution is -0.142.